The van der Waals surface area contributed by atoms with Crippen molar-refractivity contribution in [2.75, 3.05) is 32.3 Å². The second kappa shape index (κ2) is 9.47. The summed E-state index contributed by atoms with van der Waals surface area (Å²) >= 11 is 4.05. The van der Waals surface area contributed by atoms with Crippen LogP contribution in [0.15, 0.2) is 18.2 Å². The van der Waals surface area contributed by atoms with Gasteiger partial charge in [0.05, 0.1) is 18.3 Å². The van der Waals surface area contributed by atoms with Crippen molar-refractivity contribution in [3.05, 3.63) is 23.8 Å². The number of benzene rings is 1. The molecule has 0 aromatic heterocycles. The number of hydrogen-bond donors (Lipinski definition) is 1. The SMILES string of the molecule is COc1ccc(CCNC(=O)CCCC2(C)SCCS2)cc1OC. The molecular formula is C18H27NO3S2. The van der Waals surface area contributed by atoms with Crippen molar-refractivity contribution in [1.29, 1.82) is 0 Å². The minimum absolute atomic E-state index is 0.145. The van der Waals surface area contributed by atoms with E-state index in [0.717, 1.165) is 36.3 Å². The van der Waals surface area contributed by atoms with Gasteiger partial charge in [-0.05, 0) is 43.9 Å². The standard InChI is InChI=1S/C18H27NO3S2/c1-18(23-11-12-24-18)9-4-5-17(20)19-10-8-14-6-7-15(21-2)16(13-14)22-3/h6-7,13H,4-5,8-12H2,1-3H3,(H,19,20). The number of amides is 1. The Bertz CT molecular complexity index is 545. The molecule has 0 unspecified atom stereocenters. The van der Waals surface area contributed by atoms with Gasteiger partial charge >= 0.3 is 0 Å². The minimum atomic E-state index is 0.145. The molecule has 1 heterocycles. The zero-order valence-corrected chi connectivity index (χ0v) is 16.4. The number of hydrogen-bond acceptors (Lipinski definition) is 5. The molecule has 1 aliphatic rings. The maximum atomic E-state index is 12.0. The molecule has 1 aliphatic heterocycles. The number of ether oxygens (including phenoxy) is 2. The summed E-state index contributed by atoms with van der Waals surface area (Å²) in [6.07, 6.45) is 3.46. The lowest BCUT2D eigenvalue weighted by molar-refractivity contribution is -0.121. The van der Waals surface area contributed by atoms with Gasteiger partial charge in [-0.25, -0.2) is 0 Å². The molecule has 4 nitrogen and oxygen atoms in total. The molecular weight excluding hydrogens is 342 g/mol. The van der Waals surface area contributed by atoms with Crippen molar-refractivity contribution >= 4 is 29.4 Å². The van der Waals surface area contributed by atoms with Crippen molar-refractivity contribution in [2.24, 2.45) is 0 Å². The lowest BCUT2D eigenvalue weighted by Gasteiger charge is -2.21. The first-order chi connectivity index (χ1) is 11.6. The zero-order valence-electron chi connectivity index (χ0n) is 14.7. The van der Waals surface area contributed by atoms with Crippen LogP contribution in [0, 0.1) is 0 Å². The van der Waals surface area contributed by atoms with Gasteiger partial charge in [-0.1, -0.05) is 6.07 Å². The first-order valence-corrected chi connectivity index (χ1v) is 10.3. The maximum absolute atomic E-state index is 12.0. The van der Waals surface area contributed by atoms with Gasteiger partial charge in [0.2, 0.25) is 5.91 Å². The summed E-state index contributed by atoms with van der Waals surface area (Å²) in [5.41, 5.74) is 1.12. The van der Waals surface area contributed by atoms with E-state index in [1.165, 1.54) is 11.5 Å². The van der Waals surface area contributed by atoms with E-state index in [0.29, 0.717) is 17.0 Å². The molecule has 1 N–H and O–H groups in total. The lowest BCUT2D eigenvalue weighted by Crippen LogP contribution is -2.26. The lowest BCUT2D eigenvalue weighted by atomic mass is 10.1. The third-order valence-corrected chi connectivity index (χ3v) is 7.53. The largest absolute Gasteiger partial charge is 0.493 e. The zero-order chi connectivity index (χ0) is 17.4. The van der Waals surface area contributed by atoms with Crippen molar-refractivity contribution < 1.29 is 14.3 Å². The molecule has 1 fully saturated rings. The summed E-state index contributed by atoms with van der Waals surface area (Å²) in [6.45, 7) is 2.94. The molecule has 1 amide bonds. The van der Waals surface area contributed by atoms with E-state index in [-0.39, 0.29) is 5.91 Å². The maximum Gasteiger partial charge on any atom is 0.220 e. The van der Waals surface area contributed by atoms with E-state index in [1.807, 2.05) is 41.7 Å². The van der Waals surface area contributed by atoms with Crippen LogP contribution >= 0.6 is 23.5 Å². The molecule has 1 saturated heterocycles. The van der Waals surface area contributed by atoms with E-state index in [1.54, 1.807) is 14.2 Å². The van der Waals surface area contributed by atoms with Gasteiger partial charge in [0.25, 0.3) is 0 Å². The highest BCUT2D eigenvalue weighted by atomic mass is 32.2. The van der Waals surface area contributed by atoms with E-state index in [4.69, 9.17) is 9.47 Å². The number of carbonyl (C=O) groups excluding carboxylic acids is 1. The van der Waals surface area contributed by atoms with Crippen molar-refractivity contribution in [2.45, 2.75) is 36.7 Å². The van der Waals surface area contributed by atoms with Crippen LogP contribution in [0.5, 0.6) is 11.5 Å². The Balaban J connectivity index is 1.67. The van der Waals surface area contributed by atoms with Crippen molar-refractivity contribution in [3.8, 4) is 11.5 Å². The van der Waals surface area contributed by atoms with Gasteiger partial charge in [0, 0.05) is 24.5 Å². The van der Waals surface area contributed by atoms with Crippen LogP contribution in [0.2, 0.25) is 0 Å². The van der Waals surface area contributed by atoms with Crippen LogP contribution in [-0.2, 0) is 11.2 Å². The normalized spacial score (nSPS) is 16.0. The van der Waals surface area contributed by atoms with Gasteiger partial charge in [-0.15, -0.1) is 23.5 Å². The summed E-state index contributed by atoms with van der Waals surface area (Å²) in [5.74, 6) is 4.06. The summed E-state index contributed by atoms with van der Waals surface area (Å²) in [5, 5.41) is 3.01. The van der Waals surface area contributed by atoms with Crippen LogP contribution in [0.3, 0.4) is 0 Å². The molecule has 0 aliphatic carbocycles. The molecule has 2 rings (SSSR count). The predicted molar refractivity (Wildman–Crippen MR) is 103 cm³/mol. The first-order valence-electron chi connectivity index (χ1n) is 8.32. The number of methoxy groups -OCH3 is 2. The van der Waals surface area contributed by atoms with Gasteiger partial charge < -0.3 is 14.8 Å². The topological polar surface area (TPSA) is 47.6 Å². The molecule has 1 aromatic carbocycles. The number of nitrogens with one attached hydrogen (secondary N) is 1. The van der Waals surface area contributed by atoms with Gasteiger partial charge in [-0.3, -0.25) is 4.79 Å². The molecule has 1 aromatic rings. The number of carbonyl (C=O) groups is 1. The molecule has 0 atom stereocenters. The van der Waals surface area contributed by atoms with Crippen LogP contribution in [-0.4, -0.2) is 42.3 Å². The highest BCUT2D eigenvalue weighted by molar-refractivity contribution is 8.21. The van der Waals surface area contributed by atoms with Crippen LogP contribution in [0.1, 0.15) is 31.7 Å². The van der Waals surface area contributed by atoms with E-state index >= 15 is 0 Å². The second-order valence-electron chi connectivity index (χ2n) is 5.97. The molecule has 0 spiro atoms. The Kier molecular flexibility index (Phi) is 7.62. The number of thioether (sulfide) groups is 2. The van der Waals surface area contributed by atoms with E-state index < -0.39 is 0 Å². The van der Waals surface area contributed by atoms with Gasteiger partial charge in [0.1, 0.15) is 0 Å². The molecule has 134 valence electrons. The fraction of sp³-hybridized carbons (Fsp3) is 0.611. The van der Waals surface area contributed by atoms with E-state index in [9.17, 15) is 4.79 Å². The highest BCUT2D eigenvalue weighted by Gasteiger charge is 2.29. The van der Waals surface area contributed by atoms with E-state index in [2.05, 4.69) is 12.2 Å². The first kappa shape index (κ1) is 19.3. The van der Waals surface area contributed by atoms with Crippen molar-refractivity contribution in [1.82, 2.24) is 5.32 Å². The third kappa shape index (κ3) is 5.81. The predicted octanol–water partition coefficient (Wildman–Crippen LogP) is 3.73. The second-order valence-corrected chi connectivity index (χ2v) is 9.43. The van der Waals surface area contributed by atoms with Crippen molar-refractivity contribution in [3.63, 3.8) is 0 Å². The monoisotopic (exact) mass is 369 g/mol. The Morgan fingerprint density at radius 2 is 1.92 bits per heavy atom. The molecule has 24 heavy (non-hydrogen) atoms. The highest BCUT2D eigenvalue weighted by Crippen LogP contribution is 2.46. The molecule has 0 radical (unpaired) electrons. The molecule has 0 bridgehead atoms. The van der Waals surface area contributed by atoms with Gasteiger partial charge in [0.15, 0.2) is 11.5 Å². The summed E-state index contributed by atoms with van der Waals surface area (Å²) in [7, 11) is 3.26. The summed E-state index contributed by atoms with van der Waals surface area (Å²) in [4.78, 5) is 12.0. The average Bonchev–Trinajstić information content (AvgIpc) is 3.01. The molecule has 6 heteroatoms. The minimum Gasteiger partial charge on any atom is -0.493 e. The van der Waals surface area contributed by atoms with Crippen LogP contribution in [0.4, 0.5) is 0 Å². The Morgan fingerprint density at radius 3 is 2.58 bits per heavy atom. The number of rotatable bonds is 9. The molecule has 0 saturated carbocycles. The fourth-order valence-corrected chi connectivity index (χ4v) is 5.68. The average molecular weight is 370 g/mol. The Labute approximate surface area is 153 Å². The quantitative estimate of drug-likeness (QED) is 0.719. The third-order valence-electron chi connectivity index (χ3n) is 4.12. The Morgan fingerprint density at radius 1 is 1.21 bits per heavy atom. The summed E-state index contributed by atoms with van der Waals surface area (Å²) in [6, 6.07) is 5.86. The van der Waals surface area contributed by atoms with Gasteiger partial charge in [-0.2, -0.15) is 0 Å². The van der Waals surface area contributed by atoms with Crippen LogP contribution in [0.25, 0.3) is 0 Å². The Hall–Kier alpha value is -1.01. The van der Waals surface area contributed by atoms with Crippen LogP contribution < -0.4 is 14.8 Å². The fourth-order valence-electron chi connectivity index (χ4n) is 2.74. The smallest absolute Gasteiger partial charge is 0.220 e. The summed E-state index contributed by atoms with van der Waals surface area (Å²) < 4.78 is 10.8.